The zero-order chi connectivity index (χ0) is 13.2. The molecule has 0 bridgehead atoms. The third kappa shape index (κ3) is 2.41. The van der Waals surface area contributed by atoms with E-state index >= 15 is 0 Å². The van der Waals surface area contributed by atoms with Crippen molar-refractivity contribution < 1.29 is 0 Å². The molecule has 0 amide bonds. The molecule has 4 nitrogen and oxygen atoms in total. The summed E-state index contributed by atoms with van der Waals surface area (Å²) < 4.78 is 1.94. The van der Waals surface area contributed by atoms with E-state index in [0.717, 1.165) is 16.8 Å². The maximum Gasteiger partial charge on any atom is 0.165 e. The lowest BCUT2D eigenvalue weighted by Crippen LogP contribution is -1.99. The first-order chi connectivity index (χ1) is 9.28. The normalized spacial score (nSPS) is 11.1. The van der Waals surface area contributed by atoms with Crippen molar-refractivity contribution in [3.63, 3.8) is 0 Å². The van der Waals surface area contributed by atoms with E-state index in [9.17, 15) is 0 Å². The second-order valence-electron chi connectivity index (χ2n) is 4.16. The van der Waals surface area contributed by atoms with E-state index in [4.69, 9.17) is 23.2 Å². The summed E-state index contributed by atoms with van der Waals surface area (Å²) >= 11 is 11.7. The van der Waals surface area contributed by atoms with E-state index < -0.39 is 0 Å². The standard InChI is InChI=1S/C13H10Cl2N4/c14-5-9-1-3-10(4-2-9)6-19-8-18-11-12(15)16-7-17-13(11)19/h1-4,7-8H,5-6H2. The van der Waals surface area contributed by atoms with Crippen LogP contribution in [0, 0.1) is 0 Å². The highest BCUT2D eigenvalue weighted by molar-refractivity contribution is 6.33. The van der Waals surface area contributed by atoms with Crippen LogP contribution in [0.2, 0.25) is 5.15 Å². The minimum absolute atomic E-state index is 0.376. The van der Waals surface area contributed by atoms with Crippen LogP contribution in [0.25, 0.3) is 11.2 Å². The second kappa shape index (κ2) is 5.15. The van der Waals surface area contributed by atoms with Gasteiger partial charge in [0.25, 0.3) is 0 Å². The van der Waals surface area contributed by atoms with Gasteiger partial charge in [0.2, 0.25) is 0 Å². The highest BCUT2D eigenvalue weighted by Crippen LogP contribution is 2.18. The van der Waals surface area contributed by atoms with Gasteiger partial charge >= 0.3 is 0 Å². The van der Waals surface area contributed by atoms with Crippen LogP contribution in [0.5, 0.6) is 0 Å². The van der Waals surface area contributed by atoms with Crippen molar-refractivity contribution in [2.24, 2.45) is 0 Å². The molecule has 0 saturated heterocycles. The lowest BCUT2D eigenvalue weighted by Gasteiger charge is -2.04. The minimum atomic E-state index is 0.376. The largest absolute Gasteiger partial charge is 0.311 e. The summed E-state index contributed by atoms with van der Waals surface area (Å²) in [6.07, 6.45) is 3.17. The SMILES string of the molecule is ClCc1ccc(Cn2cnc3c(Cl)ncnc32)cc1. The van der Waals surface area contributed by atoms with E-state index in [1.807, 2.05) is 28.8 Å². The Morgan fingerprint density at radius 2 is 1.74 bits per heavy atom. The van der Waals surface area contributed by atoms with Gasteiger partial charge in [-0.15, -0.1) is 11.6 Å². The number of halogens is 2. The molecular formula is C13H10Cl2N4. The van der Waals surface area contributed by atoms with Crippen molar-refractivity contribution in [2.75, 3.05) is 0 Å². The fourth-order valence-corrected chi connectivity index (χ4v) is 2.25. The van der Waals surface area contributed by atoms with Gasteiger partial charge in [-0.05, 0) is 11.1 Å². The highest BCUT2D eigenvalue weighted by Gasteiger charge is 2.08. The number of hydrogen-bond acceptors (Lipinski definition) is 3. The fraction of sp³-hybridized carbons (Fsp3) is 0.154. The molecule has 0 N–H and O–H groups in total. The molecule has 2 heterocycles. The molecule has 3 aromatic rings. The van der Waals surface area contributed by atoms with Gasteiger partial charge in [-0.25, -0.2) is 15.0 Å². The lowest BCUT2D eigenvalue weighted by atomic mass is 10.1. The van der Waals surface area contributed by atoms with E-state index in [-0.39, 0.29) is 0 Å². The summed E-state index contributed by atoms with van der Waals surface area (Å²) in [7, 11) is 0. The van der Waals surface area contributed by atoms with Gasteiger partial charge in [-0.2, -0.15) is 0 Å². The van der Waals surface area contributed by atoms with Gasteiger partial charge in [0.05, 0.1) is 12.9 Å². The van der Waals surface area contributed by atoms with Crippen LogP contribution in [0.1, 0.15) is 11.1 Å². The number of rotatable bonds is 3. The Hall–Kier alpha value is -1.65. The van der Waals surface area contributed by atoms with Crippen LogP contribution in [-0.4, -0.2) is 19.5 Å². The van der Waals surface area contributed by atoms with Crippen molar-refractivity contribution >= 4 is 34.4 Å². The predicted molar refractivity (Wildman–Crippen MR) is 75.4 cm³/mol. The lowest BCUT2D eigenvalue weighted by molar-refractivity contribution is 0.812. The first-order valence-electron chi connectivity index (χ1n) is 5.73. The Bertz CT molecular complexity index is 706. The molecule has 0 atom stereocenters. The summed E-state index contributed by atoms with van der Waals surface area (Å²) in [5, 5.41) is 0.376. The molecule has 0 aliphatic rings. The summed E-state index contributed by atoms with van der Waals surface area (Å²) in [4.78, 5) is 12.4. The number of nitrogens with zero attached hydrogens (tertiary/aromatic N) is 4. The van der Waals surface area contributed by atoms with Crippen LogP contribution in [0.15, 0.2) is 36.9 Å². The first kappa shape index (κ1) is 12.4. The zero-order valence-corrected chi connectivity index (χ0v) is 11.4. The van der Waals surface area contributed by atoms with Gasteiger partial charge in [0.15, 0.2) is 10.8 Å². The molecule has 96 valence electrons. The summed E-state index contributed by atoms with van der Waals surface area (Å²) in [6, 6.07) is 8.13. The van der Waals surface area contributed by atoms with Crippen LogP contribution in [0.4, 0.5) is 0 Å². The smallest absolute Gasteiger partial charge is 0.165 e. The highest BCUT2D eigenvalue weighted by atomic mass is 35.5. The number of fused-ring (bicyclic) bond motifs is 1. The molecule has 1 aromatic carbocycles. The third-order valence-electron chi connectivity index (χ3n) is 2.89. The van der Waals surface area contributed by atoms with Gasteiger partial charge in [0, 0.05) is 5.88 Å². The number of benzene rings is 1. The Balaban J connectivity index is 1.94. The van der Waals surface area contributed by atoms with E-state index in [0.29, 0.717) is 23.1 Å². The molecule has 0 radical (unpaired) electrons. The van der Waals surface area contributed by atoms with Crippen molar-refractivity contribution in [3.05, 3.63) is 53.2 Å². The summed E-state index contributed by atoms with van der Waals surface area (Å²) in [5.41, 5.74) is 3.62. The molecular weight excluding hydrogens is 283 g/mol. The number of aromatic nitrogens is 4. The summed E-state index contributed by atoms with van der Waals surface area (Å²) in [6.45, 7) is 0.687. The number of alkyl halides is 1. The molecule has 19 heavy (non-hydrogen) atoms. The maximum atomic E-state index is 5.97. The quantitative estimate of drug-likeness (QED) is 0.550. The third-order valence-corrected chi connectivity index (χ3v) is 3.47. The van der Waals surface area contributed by atoms with Crippen molar-refractivity contribution in [3.8, 4) is 0 Å². The van der Waals surface area contributed by atoms with E-state index in [1.165, 1.54) is 6.33 Å². The number of hydrogen-bond donors (Lipinski definition) is 0. The van der Waals surface area contributed by atoms with Gasteiger partial charge in [-0.1, -0.05) is 35.9 Å². The van der Waals surface area contributed by atoms with Crippen LogP contribution >= 0.6 is 23.2 Å². The van der Waals surface area contributed by atoms with Crippen molar-refractivity contribution in [2.45, 2.75) is 12.4 Å². The van der Waals surface area contributed by atoms with Gasteiger partial charge in [0.1, 0.15) is 11.8 Å². The molecule has 6 heteroatoms. The van der Waals surface area contributed by atoms with E-state index in [1.54, 1.807) is 6.33 Å². The molecule has 0 aliphatic carbocycles. The van der Waals surface area contributed by atoms with Gasteiger partial charge < -0.3 is 4.57 Å². The van der Waals surface area contributed by atoms with Crippen molar-refractivity contribution in [1.29, 1.82) is 0 Å². The molecule has 0 unspecified atom stereocenters. The monoisotopic (exact) mass is 292 g/mol. The maximum absolute atomic E-state index is 5.97. The predicted octanol–water partition coefficient (Wildman–Crippen LogP) is 3.27. The second-order valence-corrected chi connectivity index (χ2v) is 4.78. The van der Waals surface area contributed by atoms with E-state index in [2.05, 4.69) is 15.0 Å². The summed E-state index contributed by atoms with van der Waals surface area (Å²) in [5.74, 6) is 0.525. The Morgan fingerprint density at radius 3 is 2.47 bits per heavy atom. The van der Waals surface area contributed by atoms with Crippen LogP contribution in [-0.2, 0) is 12.4 Å². The Morgan fingerprint density at radius 1 is 1.00 bits per heavy atom. The molecule has 2 aromatic heterocycles. The van der Waals surface area contributed by atoms with Gasteiger partial charge in [-0.3, -0.25) is 0 Å². The molecule has 0 spiro atoms. The average molecular weight is 293 g/mol. The first-order valence-corrected chi connectivity index (χ1v) is 6.64. The number of imidazole rings is 1. The van der Waals surface area contributed by atoms with Crippen molar-refractivity contribution in [1.82, 2.24) is 19.5 Å². The topological polar surface area (TPSA) is 43.6 Å². The van der Waals surface area contributed by atoms with Crippen LogP contribution < -0.4 is 0 Å². The molecule has 3 rings (SSSR count). The average Bonchev–Trinajstić information content (AvgIpc) is 2.84. The molecule has 0 aliphatic heterocycles. The fourth-order valence-electron chi connectivity index (χ4n) is 1.90. The zero-order valence-electron chi connectivity index (χ0n) is 9.92. The molecule has 0 fully saturated rings. The Labute approximate surface area is 120 Å². The minimum Gasteiger partial charge on any atom is -0.311 e. The molecule has 0 saturated carbocycles. The Kier molecular flexibility index (Phi) is 3.36. The van der Waals surface area contributed by atoms with Crippen LogP contribution in [0.3, 0.4) is 0 Å².